The summed E-state index contributed by atoms with van der Waals surface area (Å²) in [5, 5.41) is 0.639. The minimum Gasteiger partial charge on any atom is -0.305 e. The van der Waals surface area contributed by atoms with Gasteiger partial charge in [0.05, 0.1) is 5.52 Å². The van der Waals surface area contributed by atoms with Crippen LogP contribution in [0.15, 0.2) is 65.5 Å². The Balaban J connectivity index is 2.02. The van der Waals surface area contributed by atoms with E-state index in [4.69, 9.17) is 0 Å². The molecule has 0 aliphatic rings. The number of rotatable bonds is 3. The van der Waals surface area contributed by atoms with Crippen LogP contribution in [0, 0.1) is 0 Å². The summed E-state index contributed by atoms with van der Waals surface area (Å²) in [7, 11) is 0. The number of carbonyl (C=O) groups excluding carboxylic acids is 1. The van der Waals surface area contributed by atoms with Gasteiger partial charge in [-0.3, -0.25) is 4.79 Å². The Morgan fingerprint density at radius 3 is 2.52 bits per heavy atom. The predicted octanol–water partition coefficient (Wildman–Crippen LogP) is 2.82. The zero-order valence-electron chi connectivity index (χ0n) is 11.1. The highest BCUT2D eigenvalue weighted by Crippen LogP contribution is 2.14. The van der Waals surface area contributed by atoms with Gasteiger partial charge < -0.3 is 4.98 Å². The van der Waals surface area contributed by atoms with E-state index in [0.717, 1.165) is 5.56 Å². The molecule has 0 unspecified atom stereocenters. The maximum Gasteiger partial charge on any atom is 0.346 e. The summed E-state index contributed by atoms with van der Waals surface area (Å²) in [6, 6.07) is 16.6. The van der Waals surface area contributed by atoms with Crippen LogP contribution in [0.25, 0.3) is 17.0 Å². The molecular formula is C17H12N2O2. The molecule has 3 aromatic rings. The van der Waals surface area contributed by atoms with Crippen molar-refractivity contribution >= 4 is 22.8 Å². The lowest BCUT2D eigenvalue weighted by Crippen LogP contribution is -2.15. The minimum atomic E-state index is -0.523. The van der Waals surface area contributed by atoms with Crippen molar-refractivity contribution in [3.05, 3.63) is 82.4 Å². The molecule has 4 nitrogen and oxygen atoms in total. The molecule has 0 atom stereocenters. The number of allylic oxidation sites excluding steroid dienone is 1. The average Bonchev–Trinajstić information content (AvgIpc) is 2.52. The summed E-state index contributed by atoms with van der Waals surface area (Å²) in [6.45, 7) is 0. The highest BCUT2D eigenvalue weighted by molar-refractivity contribution is 6.12. The van der Waals surface area contributed by atoms with E-state index in [-0.39, 0.29) is 11.5 Å². The lowest BCUT2D eigenvalue weighted by Gasteiger charge is -2.01. The number of para-hydroxylation sites is 1. The monoisotopic (exact) mass is 276 g/mol. The van der Waals surface area contributed by atoms with Gasteiger partial charge in [-0.2, -0.15) is 4.98 Å². The molecular weight excluding hydrogens is 264 g/mol. The molecule has 1 N–H and O–H groups in total. The molecule has 21 heavy (non-hydrogen) atoms. The molecule has 0 aliphatic heterocycles. The Kier molecular flexibility index (Phi) is 3.43. The third kappa shape index (κ3) is 2.79. The van der Waals surface area contributed by atoms with Crippen LogP contribution in [-0.4, -0.2) is 15.8 Å². The van der Waals surface area contributed by atoms with Crippen molar-refractivity contribution in [2.45, 2.75) is 0 Å². The average molecular weight is 276 g/mol. The van der Waals surface area contributed by atoms with Gasteiger partial charge in [0.15, 0.2) is 0 Å². The van der Waals surface area contributed by atoms with E-state index in [1.165, 1.54) is 6.08 Å². The molecule has 0 aliphatic carbocycles. The molecule has 0 saturated heterocycles. The molecule has 0 fully saturated rings. The fourth-order valence-corrected chi connectivity index (χ4v) is 2.11. The van der Waals surface area contributed by atoms with E-state index in [9.17, 15) is 9.59 Å². The van der Waals surface area contributed by atoms with Crippen molar-refractivity contribution in [3.63, 3.8) is 0 Å². The molecule has 0 amide bonds. The number of ketones is 1. The van der Waals surface area contributed by atoms with Crippen LogP contribution >= 0.6 is 0 Å². The van der Waals surface area contributed by atoms with Crippen molar-refractivity contribution in [3.8, 4) is 0 Å². The van der Waals surface area contributed by atoms with Gasteiger partial charge >= 0.3 is 5.69 Å². The Hall–Kier alpha value is -3.01. The minimum absolute atomic E-state index is 0.168. The molecule has 0 saturated carbocycles. The van der Waals surface area contributed by atoms with Crippen LogP contribution in [0.4, 0.5) is 0 Å². The van der Waals surface area contributed by atoms with E-state index < -0.39 is 5.69 Å². The number of aromatic amines is 1. The van der Waals surface area contributed by atoms with Gasteiger partial charge in [0.1, 0.15) is 5.69 Å². The Bertz CT molecular complexity index is 880. The second-order valence-corrected chi connectivity index (χ2v) is 4.54. The Morgan fingerprint density at radius 1 is 1.00 bits per heavy atom. The topological polar surface area (TPSA) is 62.8 Å². The van der Waals surface area contributed by atoms with Crippen LogP contribution in [0.2, 0.25) is 0 Å². The van der Waals surface area contributed by atoms with Crippen LogP contribution in [0.3, 0.4) is 0 Å². The van der Waals surface area contributed by atoms with E-state index in [0.29, 0.717) is 10.9 Å². The Labute approximate surface area is 120 Å². The maximum atomic E-state index is 12.3. The lowest BCUT2D eigenvalue weighted by atomic mass is 10.1. The molecule has 102 valence electrons. The lowest BCUT2D eigenvalue weighted by molar-refractivity contribution is 0.104. The molecule has 3 rings (SSSR count). The van der Waals surface area contributed by atoms with Gasteiger partial charge in [-0.15, -0.1) is 0 Å². The van der Waals surface area contributed by atoms with Crippen molar-refractivity contribution in [1.29, 1.82) is 0 Å². The molecule has 0 radical (unpaired) electrons. The quantitative estimate of drug-likeness (QED) is 0.591. The smallest absolute Gasteiger partial charge is 0.305 e. The SMILES string of the molecule is O=C(C=Cc1ccccc1)c1nc(=O)[nH]c2ccccc12. The van der Waals surface area contributed by atoms with Crippen molar-refractivity contribution < 1.29 is 4.79 Å². The molecule has 2 aromatic carbocycles. The summed E-state index contributed by atoms with van der Waals surface area (Å²) in [4.78, 5) is 30.2. The van der Waals surface area contributed by atoms with Crippen LogP contribution in [0.1, 0.15) is 16.1 Å². The van der Waals surface area contributed by atoms with Crippen LogP contribution < -0.4 is 5.69 Å². The van der Waals surface area contributed by atoms with Crippen molar-refractivity contribution in [1.82, 2.24) is 9.97 Å². The zero-order chi connectivity index (χ0) is 14.7. The third-order valence-electron chi connectivity index (χ3n) is 3.10. The second kappa shape index (κ2) is 5.54. The first-order chi connectivity index (χ1) is 10.2. The first-order valence-electron chi connectivity index (χ1n) is 6.50. The summed E-state index contributed by atoms with van der Waals surface area (Å²) in [5.41, 5.74) is 1.17. The standard InChI is InChI=1S/C17H12N2O2/c20-15(11-10-12-6-2-1-3-7-12)16-13-8-4-5-9-14(13)18-17(21)19-16/h1-11H,(H,18,19,21). The summed E-state index contributed by atoms with van der Waals surface area (Å²) < 4.78 is 0. The number of hydrogen-bond acceptors (Lipinski definition) is 3. The fourth-order valence-electron chi connectivity index (χ4n) is 2.11. The number of nitrogens with one attached hydrogen (secondary N) is 1. The van der Waals surface area contributed by atoms with E-state index >= 15 is 0 Å². The predicted molar refractivity (Wildman–Crippen MR) is 82.2 cm³/mol. The number of carbonyl (C=O) groups is 1. The number of aromatic nitrogens is 2. The molecule has 1 aromatic heterocycles. The second-order valence-electron chi connectivity index (χ2n) is 4.54. The van der Waals surface area contributed by atoms with Gasteiger partial charge in [-0.05, 0) is 17.7 Å². The highest BCUT2D eigenvalue weighted by Gasteiger charge is 2.10. The van der Waals surface area contributed by atoms with Crippen LogP contribution in [0.5, 0.6) is 0 Å². The van der Waals surface area contributed by atoms with E-state index in [1.807, 2.05) is 30.3 Å². The Morgan fingerprint density at radius 2 is 1.71 bits per heavy atom. The third-order valence-corrected chi connectivity index (χ3v) is 3.10. The van der Waals surface area contributed by atoms with Crippen LogP contribution in [-0.2, 0) is 0 Å². The summed E-state index contributed by atoms with van der Waals surface area (Å²) in [6.07, 6.45) is 3.14. The largest absolute Gasteiger partial charge is 0.346 e. The normalized spacial score (nSPS) is 11.0. The number of nitrogens with zero attached hydrogens (tertiary/aromatic N) is 1. The number of fused-ring (bicyclic) bond motifs is 1. The number of hydrogen-bond donors (Lipinski definition) is 1. The van der Waals surface area contributed by atoms with E-state index in [1.54, 1.807) is 30.3 Å². The van der Waals surface area contributed by atoms with E-state index in [2.05, 4.69) is 9.97 Å². The summed E-state index contributed by atoms with van der Waals surface area (Å²) in [5.74, 6) is -0.291. The van der Waals surface area contributed by atoms with Gasteiger partial charge in [0.25, 0.3) is 0 Å². The maximum absolute atomic E-state index is 12.3. The molecule has 0 spiro atoms. The van der Waals surface area contributed by atoms with Crippen molar-refractivity contribution in [2.75, 3.05) is 0 Å². The first-order valence-corrected chi connectivity index (χ1v) is 6.50. The number of benzene rings is 2. The fraction of sp³-hybridized carbons (Fsp3) is 0. The van der Waals surface area contributed by atoms with Crippen molar-refractivity contribution in [2.24, 2.45) is 0 Å². The zero-order valence-corrected chi connectivity index (χ0v) is 11.1. The molecule has 0 bridgehead atoms. The van der Waals surface area contributed by atoms with Gasteiger partial charge in [-0.25, -0.2) is 4.79 Å². The molecule has 1 heterocycles. The van der Waals surface area contributed by atoms with Gasteiger partial charge in [-0.1, -0.05) is 54.6 Å². The van der Waals surface area contributed by atoms with Gasteiger partial charge in [0, 0.05) is 5.39 Å². The molecule has 4 heteroatoms. The number of H-pyrrole nitrogens is 1. The van der Waals surface area contributed by atoms with Gasteiger partial charge in [0.2, 0.25) is 5.78 Å². The first kappa shape index (κ1) is 13.0. The summed E-state index contributed by atoms with van der Waals surface area (Å²) >= 11 is 0. The highest BCUT2D eigenvalue weighted by atomic mass is 16.1.